The minimum atomic E-state index is -2.15. The summed E-state index contributed by atoms with van der Waals surface area (Å²) in [7, 11) is 0. The van der Waals surface area contributed by atoms with Gasteiger partial charge in [0, 0.05) is 6.61 Å². The molecule has 29 atom stereocenters. The van der Waals surface area contributed by atoms with E-state index in [0.29, 0.717) is 0 Å². The van der Waals surface area contributed by atoms with Crippen LogP contribution in [0.3, 0.4) is 0 Å². The van der Waals surface area contributed by atoms with Crippen LogP contribution in [-0.4, -0.2) is 309 Å². The largest absolute Gasteiger partial charge is 0.396 e. The van der Waals surface area contributed by atoms with Crippen molar-refractivity contribution in [3.63, 3.8) is 0 Å². The summed E-state index contributed by atoms with van der Waals surface area (Å²) in [6, 6.07) is 0. The van der Waals surface area contributed by atoms with E-state index in [2.05, 4.69) is 0 Å². The summed E-state index contributed by atoms with van der Waals surface area (Å²) in [5.41, 5.74) is 0. The zero-order chi connectivity index (χ0) is 48.5. The number of aliphatic hydroxyl groups is 19. The lowest BCUT2D eigenvalue weighted by Gasteiger charge is -2.49. The standard InChI is InChI=1S/C37H64O29/c38-3-9-1-10(44)17(45)11(2-9)57-28-13(5-40)59-34(24(52)19(28)47)64-30-15(7-42)61-36(26(54)21(30)49)66-32-16(8-43)62-37(27(55)22(32)50)65-31-14(6-41)60-35(25(53)20(31)48)63-29-12(4-39)58-33(56)23(51)18(29)46/h9-56H,1-8H2/t9-,10+,11?,12-,13-,14-,15-,16-,17-,18-,19-,20-,21-,22-,23-,24-,25-,26-,27-,28-,29-,30-,31-,32-,33?,34?,35?,36?,37?/m1/s1. The van der Waals surface area contributed by atoms with Crippen molar-refractivity contribution in [3.8, 4) is 0 Å². The number of rotatable bonds is 16. The molecule has 0 amide bonds. The first kappa shape index (κ1) is 54.2. The molecule has 1 saturated carbocycles. The van der Waals surface area contributed by atoms with Gasteiger partial charge < -0.3 is 144 Å². The SMILES string of the molecule is OC[C@H]1CC(O[C@H]2[C@H](O)[C@@H](O)C(O[C@H]3[C@H](O)[C@@H](O)C(O[C@H]4[C@H](O)[C@@H](O)C(O[C@H]5[C@H](O)[C@@H](O)C(O[C@H]6[C@H](O)[C@@H](O)C(O)O[C@@H]6CO)O[C@@H]5CO)O[C@@H]4CO)O[C@@H]3CO)O[C@@H]2CO)[C@H](O)[C@@H](O)C1. The molecule has 5 aliphatic heterocycles. The van der Waals surface area contributed by atoms with E-state index < -0.39 is 211 Å². The van der Waals surface area contributed by atoms with E-state index in [0.717, 1.165) is 0 Å². The van der Waals surface area contributed by atoms with Gasteiger partial charge in [-0.15, -0.1) is 0 Å². The summed E-state index contributed by atoms with van der Waals surface area (Å²) in [5.74, 6) is -0.476. The predicted molar refractivity (Wildman–Crippen MR) is 201 cm³/mol. The lowest BCUT2D eigenvalue weighted by molar-refractivity contribution is -0.393. The normalized spacial score (nSPS) is 52.9. The van der Waals surface area contributed by atoms with Crippen LogP contribution in [0.5, 0.6) is 0 Å². The van der Waals surface area contributed by atoms with E-state index in [9.17, 15) is 97.0 Å². The number of hydrogen-bond acceptors (Lipinski definition) is 29. The van der Waals surface area contributed by atoms with Crippen LogP contribution in [-0.2, 0) is 47.4 Å². The molecule has 0 spiro atoms. The Kier molecular flexibility index (Phi) is 19.2. The van der Waals surface area contributed by atoms with Crippen LogP contribution < -0.4 is 0 Å². The third kappa shape index (κ3) is 11.1. The molecule has 29 heteroatoms. The molecule has 6 rings (SSSR count). The first-order valence-corrected chi connectivity index (χ1v) is 21.4. The summed E-state index contributed by atoms with van der Waals surface area (Å²) in [4.78, 5) is 0. The van der Waals surface area contributed by atoms with Crippen molar-refractivity contribution in [2.75, 3.05) is 39.6 Å². The summed E-state index contributed by atoms with van der Waals surface area (Å²) in [6.45, 7) is -5.00. The Morgan fingerprint density at radius 1 is 0.303 bits per heavy atom. The lowest BCUT2D eigenvalue weighted by Crippen LogP contribution is -2.68. The quantitative estimate of drug-likeness (QED) is 0.0683. The maximum Gasteiger partial charge on any atom is 0.187 e. The summed E-state index contributed by atoms with van der Waals surface area (Å²) < 4.78 is 55.7. The van der Waals surface area contributed by atoms with Crippen LogP contribution in [0.4, 0.5) is 0 Å². The van der Waals surface area contributed by atoms with Crippen LogP contribution >= 0.6 is 0 Å². The highest BCUT2D eigenvalue weighted by Gasteiger charge is 2.57. The highest BCUT2D eigenvalue weighted by atomic mass is 16.8. The Morgan fingerprint density at radius 2 is 0.591 bits per heavy atom. The molecule has 6 aliphatic rings. The maximum atomic E-state index is 11.2. The van der Waals surface area contributed by atoms with Crippen LogP contribution in [0.2, 0.25) is 0 Å². The first-order valence-electron chi connectivity index (χ1n) is 21.4. The molecular formula is C37H64O29. The Bertz CT molecular complexity index is 1470. The summed E-state index contributed by atoms with van der Waals surface area (Å²) >= 11 is 0. The number of hydrogen-bond donors (Lipinski definition) is 19. The smallest absolute Gasteiger partial charge is 0.187 e. The van der Waals surface area contributed by atoms with Gasteiger partial charge in [-0.25, -0.2) is 0 Å². The summed E-state index contributed by atoms with van der Waals surface area (Å²) in [5, 5.41) is 200. The fourth-order valence-electron chi connectivity index (χ4n) is 8.97. The van der Waals surface area contributed by atoms with Crippen LogP contribution in [0.15, 0.2) is 0 Å². The van der Waals surface area contributed by atoms with Gasteiger partial charge >= 0.3 is 0 Å². The second-order valence-electron chi connectivity index (χ2n) is 17.2. The van der Waals surface area contributed by atoms with E-state index >= 15 is 0 Å². The molecule has 66 heavy (non-hydrogen) atoms. The molecule has 0 radical (unpaired) electrons. The summed E-state index contributed by atoms with van der Waals surface area (Å²) in [6.07, 6.45) is -50.3. The van der Waals surface area contributed by atoms with Gasteiger partial charge in [0.15, 0.2) is 31.5 Å². The average molecular weight is 973 g/mol. The molecule has 0 aromatic heterocycles. The lowest BCUT2D eigenvalue weighted by atomic mass is 9.83. The van der Waals surface area contributed by atoms with Crippen molar-refractivity contribution < 1.29 is 144 Å². The van der Waals surface area contributed by atoms with Gasteiger partial charge in [-0.05, 0) is 18.8 Å². The van der Waals surface area contributed by atoms with Gasteiger partial charge in [0.25, 0.3) is 0 Å². The van der Waals surface area contributed by atoms with Crippen molar-refractivity contribution in [1.82, 2.24) is 0 Å². The topological polar surface area (TPSA) is 477 Å². The fraction of sp³-hybridized carbons (Fsp3) is 1.00. The molecule has 6 fully saturated rings. The van der Waals surface area contributed by atoms with Crippen LogP contribution in [0, 0.1) is 5.92 Å². The van der Waals surface area contributed by atoms with E-state index in [1.165, 1.54) is 0 Å². The average Bonchev–Trinajstić information content (AvgIpc) is 3.31. The molecule has 6 unspecified atom stereocenters. The highest BCUT2D eigenvalue weighted by Crippen LogP contribution is 2.37. The van der Waals surface area contributed by atoms with Gasteiger partial charge in [-0.1, -0.05) is 0 Å². The molecule has 386 valence electrons. The molecule has 5 heterocycles. The van der Waals surface area contributed by atoms with Gasteiger partial charge in [0.1, 0.15) is 128 Å². The van der Waals surface area contributed by atoms with Crippen molar-refractivity contribution in [3.05, 3.63) is 0 Å². The molecule has 1 aliphatic carbocycles. The zero-order valence-electron chi connectivity index (χ0n) is 35.0. The minimum Gasteiger partial charge on any atom is -0.396 e. The van der Waals surface area contributed by atoms with Gasteiger partial charge in [-0.3, -0.25) is 0 Å². The van der Waals surface area contributed by atoms with Gasteiger partial charge in [0.05, 0.1) is 45.2 Å². The molecule has 0 bridgehead atoms. The highest BCUT2D eigenvalue weighted by molar-refractivity contribution is 5.00. The van der Waals surface area contributed by atoms with Crippen molar-refractivity contribution in [2.24, 2.45) is 5.92 Å². The second-order valence-corrected chi connectivity index (χ2v) is 17.2. The molecule has 0 aromatic rings. The third-order valence-electron chi connectivity index (χ3n) is 12.8. The Balaban J connectivity index is 1.07. The Morgan fingerprint density at radius 3 is 0.894 bits per heavy atom. The molecule has 0 aromatic carbocycles. The maximum absolute atomic E-state index is 11.2. The van der Waals surface area contributed by atoms with Crippen LogP contribution in [0.1, 0.15) is 12.8 Å². The fourth-order valence-corrected chi connectivity index (χ4v) is 8.97. The van der Waals surface area contributed by atoms with Gasteiger partial charge in [0.2, 0.25) is 0 Å². The third-order valence-corrected chi connectivity index (χ3v) is 12.8. The van der Waals surface area contributed by atoms with Crippen molar-refractivity contribution in [1.29, 1.82) is 0 Å². The molecular weight excluding hydrogens is 908 g/mol. The van der Waals surface area contributed by atoms with E-state index in [-0.39, 0.29) is 19.4 Å². The van der Waals surface area contributed by atoms with E-state index in [4.69, 9.17) is 47.4 Å². The Hall–Kier alpha value is -1.16. The van der Waals surface area contributed by atoms with Crippen molar-refractivity contribution >= 4 is 0 Å². The number of ether oxygens (including phenoxy) is 10. The van der Waals surface area contributed by atoms with Gasteiger partial charge in [-0.2, -0.15) is 0 Å². The minimum absolute atomic E-state index is 0.0431. The predicted octanol–water partition coefficient (Wildman–Crippen LogP) is -12.4. The first-order chi connectivity index (χ1) is 31.3. The molecule has 29 nitrogen and oxygen atoms in total. The molecule has 19 N–H and O–H groups in total. The van der Waals surface area contributed by atoms with E-state index in [1.807, 2.05) is 0 Å². The monoisotopic (exact) mass is 972 g/mol. The molecule has 5 saturated heterocycles. The zero-order valence-corrected chi connectivity index (χ0v) is 35.0. The second kappa shape index (κ2) is 23.4. The van der Waals surface area contributed by atoms with Crippen molar-refractivity contribution in [2.45, 2.75) is 185 Å². The number of aliphatic hydroxyl groups excluding tert-OH is 19. The Labute approximate surface area is 374 Å². The van der Waals surface area contributed by atoms with Crippen LogP contribution in [0.25, 0.3) is 0 Å². The van der Waals surface area contributed by atoms with E-state index in [1.54, 1.807) is 0 Å².